The highest BCUT2D eigenvalue weighted by Crippen LogP contribution is 2.41. The molecule has 4 rings (SSSR count). The van der Waals surface area contributed by atoms with Crippen LogP contribution >= 0.6 is 0 Å². The molecule has 2 aromatic rings. The van der Waals surface area contributed by atoms with Gasteiger partial charge in [0.2, 0.25) is 11.9 Å². The molecule has 2 heterocycles. The van der Waals surface area contributed by atoms with Gasteiger partial charge in [-0.15, -0.1) is 0 Å². The third-order valence-electron chi connectivity index (χ3n) is 5.97. The fourth-order valence-electron chi connectivity index (χ4n) is 4.54. The molecule has 1 amide bonds. The first-order valence-corrected chi connectivity index (χ1v) is 10.4. The van der Waals surface area contributed by atoms with Crippen molar-refractivity contribution in [3.05, 3.63) is 53.9 Å². The largest absolute Gasteiger partial charge is 0.416 e. The molecule has 8 heteroatoms. The highest BCUT2D eigenvalue weighted by Gasteiger charge is 2.46. The number of anilines is 1. The van der Waals surface area contributed by atoms with Crippen molar-refractivity contribution in [3.8, 4) is 11.8 Å². The number of hydrogen-bond acceptors (Lipinski definition) is 4. The third kappa shape index (κ3) is 4.82. The first kappa shape index (κ1) is 21.2. The van der Waals surface area contributed by atoms with E-state index in [0.29, 0.717) is 17.4 Å². The lowest BCUT2D eigenvalue weighted by Gasteiger charge is -2.33. The molecule has 0 spiro atoms. The standard InChI is InChI=1S/C23H23F3N4O/c24-23(25,26)18-10-8-16(9-11-18)5-3-12-27-21(31)20-15-17-6-1-2-7-19(17)30(20)22-28-13-4-14-29-22/h4,8-11,13-14,17,19-20H,1-2,6-7,12,15H2,(H,27,31). The van der Waals surface area contributed by atoms with Crippen LogP contribution in [0.5, 0.6) is 0 Å². The maximum Gasteiger partial charge on any atom is 0.416 e. The molecule has 1 aliphatic heterocycles. The van der Waals surface area contributed by atoms with Crippen LogP contribution < -0.4 is 10.2 Å². The number of nitrogens with one attached hydrogen (secondary N) is 1. The van der Waals surface area contributed by atoms with Crippen molar-refractivity contribution in [1.29, 1.82) is 0 Å². The Morgan fingerprint density at radius 1 is 1.13 bits per heavy atom. The molecule has 3 atom stereocenters. The number of benzene rings is 1. The second-order valence-corrected chi connectivity index (χ2v) is 7.91. The first-order valence-electron chi connectivity index (χ1n) is 10.4. The lowest BCUT2D eigenvalue weighted by molar-refractivity contribution is -0.137. The van der Waals surface area contributed by atoms with Crippen molar-refractivity contribution in [2.75, 3.05) is 11.4 Å². The number of alkyl halides is 3. The molecule has 2 fully saturated rings. The van der Waals surface area contributed by atoms with E-state index in [-0.39, 0.29) is 24.5 Å². The van der Waals surface area contributed by atoms with Crippen molar-refractivity contribution in [1.82, 2.24) is 15.3 Å². The molecule has 3 unspecified atom stereocenters. The summed E-state index contributed by atoms with van der Waals surface area (Å²) in [5.74, 6) is 6.52. The van der Waals surface area contributed by atoms with Gasteiger partial charge in [0, 0.05) is 24.0 Å². The minimum Gasteiger partial charge on any atom is -0.343 e. The van der Waals surface area contributed by atoms with E-state index in [1.807, 2.05) is 0 Å². The number of nitrogens with zero attached hydrogens (tertiary/aromatic N) is 3. The van der Waals surface area contributed by atoms with Gasteiger partial charge in [0.25, 0.3) is 0 Å². The van der Waals surface area contributed by atoms with E-state index in [1.165, 1.54) is 18.6 Å². The van der Waals surface area contributed by atoms with Gasteiger partial charge < -0.3 is 10.2 Å². The highest BCUT2D eigenvalue weighted by molar-refractivity contribution is 5.85. The molecule has 0 radical (unpaired) electrons. The summed E-state index contributed by atoms with van der Waals surface area (Å²) in [7, 11) is 0. The average molecular weight is 428 g/mol. The Morgan fingerprint density at radius 3 is 2.55 bits per heavy atom. The SMILES string of the molecule is O=C(NCC#Cc1ccc(C(F)(F)F)cc1)C1CC2CCCCC2N1c1ncccn1. The van der Waals surface area contributed by atoms with E-state index >= 15 is 0 Å². The third-order valence-corrected chi connectivity index (χ3v) is 5.97. The number of hydrogen-bond donors (Lipinski definition) is 1. The maximum atomic E-state index is 12.9. The van der Waals surface area contributed by atoms with Crippen molar-refractivity contribution in [2.24, 2.45) is 5.92 Å². The zero-order valence-corrected chi connectivity index (χ0v) is 16.9. The van der Waals surface area contributed by atoms with Gasteiger partial charge >= 0.3 is 6.18 Å². The summed E-state index contributed by atoms with van der Waals surface area (Å²) in [6.07, 6.45) is 4.21. The fourth-order valence-corrected chi connectivity index (χ4v) is 4.54. The van der Waals surface area contributed by atoms with Crippen LogP contribution in [0, 0.1) is 17.8 Å². The van der Waals surface area contributed by atoms with Crippen LogP contribution in [0.15, 0.2) is 42.7 Å². The summed E-state index contributed by atoms with van der Waals surface area (Å²) in [6.45, 7) is 0.120. The van der Waals surface area contributed by atoms with Gasteiger partial charge in [0.05, 0.1) is 12.1 Å². The molecular weight excluding hydrogens is 405 g/mol. The fraction of sp³-hybridized carbons (Fsp3) is 0.435. The molecule has 1 aliphatic carbocycles. The molecule has 1 saturated heterocycles. The zero-order chi connectivity index (χ0) is 21.8. The first-order chi connectivity index (χ1) is 14.9. The Balaban J connectivity index is 1.40. The highest BCUT2D eigenvalue weighted by atomic mass is 19.4. The van der Waals surface area contributed by atoms with Gasteiger partial charge in [-0.3, -0.25) is 4.79 Å². The number of carbonyl (C=O) groups excluding carboxylic acids is 1. The summed E-state index contributed by atoms with van der Waals surface area (Å²) in [5.41, 5.74) is -0.245. The van der Waals surface area contributed by atoms with Crippen LogP contribution in [0.2, 0.25) is 0 Å². The molecule has 1 aromatic carbocycles. The zero-order valence-electron chi connectivity index (χ0n) is 16.9. The Labute approximate surface area is 179 Å². The van der Waals surface area contributed by atoms with Gasteiger partial charge in [-0.05, 0) is 55.5 Å². The van der Waals surface area contributed by atoms with E-state index in [2.05, 4.69) is 32.0 Å². The van der Waals surface area contributed by atoms with E-state index in [1.54, 1.807) is 18.5 Å². The lowest BCUT2D eigenvalue weighted by atomic mass is 9.85. The smallest absolute Gasteiger partial charge is 0.343 e. The summed E-state index contributed by atoms with van der Waals surface area (Å²) in [4.78, 5) is 23.7. The van der Waals surface area contributed by atoms with Gasteiger partial charge in [-0.2, -0.15) is 13.2 Å². The van der Waals surface area contributed by atoms with E-state index < -0.39 is 11.7 Å². The molecule has 2 aliphatic rings. The quantitative estimate of drug-likeness (QED) is 0.756. The molecule has 1 aromatic heterocycles. The molecular formula is C23H23F3N4O. The van der Waals surface area contributed by atoms with Crippen LogP contribution in [0.25, 0.3) is 0 Å². The van der Waals surface area contributed by atoms with E-state index in [4.69, 9.17) is 0 Å². The Kier molecular flexibility index (Phi) is 6.12. The monoisotopic (exact) mass is 428 g/mol. The number of aromatic nitrogens is 2. The van der Waals surface area contributed by atoms with Gasteiger partial charge in [0.15, 0.2) is 0 Å². The van der Waals surface area contributed by atoms with Crippen LogP contribution in [0.3, 0.4) is 0 Å². The molecule has 1 saturated carbocycles. The summed E-state index contributed by atoms with van der Waals surface area (Å²) in [5, 5.41) is 2.85. The van der Waals surface area contributed by atoms with Gasteiger partial charge in [-0.1, -0.05) is 24.7 Å². The summed E-state index contributed by atoms with van der Waals surface area (Å²) >= 11 is 0. The Bertz CT molecular complexity index is 966. The molecule has 5 nitrogen and oxygen atoms in total. The minimum atomic E-state index is -4.37. The maximum absolute atomic E-state index is 12.9. The second-order valence-electron chi connectivity index (χ2n) is 7.91. The predicted octanol–water partition coefficient (Wildman–Crippen LogP) is 3.80. The normalized spacial score (nSPS) is 22.9. The van der Waals surface area contributed by atoms with Crippen LogP contribution in [-0.4, -0.2) is 34.5 Å². The minimum absolute atomic E-state index is 0.120. The number of rotatable bonds is 3. The molecule has 0 bridgehead atoms. The van der Waals surface area contributed by atoms with Crippen molar-refractivity contribution in [2.45, 2.75) is 50.4 Å². The number of amides is 1. The number of halogens is 3. The van der Waals surface area contributed by atoms with Crippen LogP contribution in [0.4, 0.5) is 19.1 Å². The van der Waals surface area contributed by atoms with E-state index in [0.717, 1.165) is 37.8 Å². The summed E-state index contributed by atoms with van der Waals surface area (Å²) < 4.78 is 37.9. The number of carbonyl (C=O) groups is 1. The predicted molar refractivity (Wildman–Crippen MR) is 110 cm³/mol. The Morgan fingerprint density at radius 2 is 1.84 bits per heavy atom. The molecule has 1 N–H and O–H groups in total. The van der Waals surface area contributed by atoms with Crippen molar-refractivity contribution < 1.29 is 18.0 Å². The lowest BCUT2D eigenvalue weighted by Crippen LogP contribution is -2.47. The van der Waals surface area contributed by atoms with Gasteiger partial charge in [0.1, 0.15) is 6.04 Å². The van der Waals surface area contributed by atoms with Crippen molar-refractivity contribution in [3.63, 3.8) is 0 Å². The average Bonchev–Trinajstić information content (AvgIpc) is 3.17. The van der Waals surface area contributed by atoms with E-state index in [9.17, 15) is 18.0 Å². The number of fused-ring (bicyclic) bond motifs is 1. The molecule has 31 heavy (non-hydrogen) atoms. The van der Waals surface area contributed by atoms with Crippen LogP contribution in [-0.2, 0) is 11.0 Å². The summed E-state index contributed by atoms with van der Waals surface area (Å²) in [6, 6.07) is 6.33. The van der Waals surface area contributed by atoms with Crippen LogP contribution in [0.1, 0.15) is 43.2 Å². The second kappa shape index (κ2) is 8.96. The molecule has 162 valence electrons. The van der Waals surface area contributed by atoms with Crippen molar-refractivity contribution >= 4 is 11.9 Å². The topological polar surface area (TPSA) is 58.1 Å². The Hall–Kier alpha value is -3.08. The van der Waals surface area contributed by atoms with Gasteiger partial charge in [-0.25, -0.2) is 9.97 Å².